The summed E-state index contributed by atoms with van der Waals surface area (Å²) < 4.78 is 0. The Morgan fingerprint density at radius 1 is 0.900 bits per heavy atom. The molecule has 0 spiro atoms. The lowest BCUT2D eigenvalue weighted by Gasteiger charge is -2.08. The van der Waals surface area contributed by atoms with Gasteiger partial charge >= 0.3 is 0 Å². The Bertz CT molecular complexity index is 672. The first-order valence-corrected chi connectivity index (χ1v) is 7.00. The average molecular weight is 262 g/mol. The van der Waals surface area contributed by atoms with Gasteiger partial charge in [-0.2, -0.15) is 0 Å². The molecular weight excluding hydrogens is 244 g/mol. The third kappa shape index (κ3) is 3.03. The second-order valence-electron chi connectivity index (χ2n) is 4.93. The van der Waals surface area contributed by atoms with Crippen molar-refractivity contribution >= 4 is 10.8 Å². The summed E-state index contributed by atoms with van der Waals surface area (Å²) >= 11 is 0. The Kier molecular flexibility index (Phi) is 4.04. The summed E-state index contributed by atoms with van der Waals surface area (Å²) in [6.45, 7) is 1.89. The minimum Gasteiger partial charge on any atom is -0.312 e. The van der Waals surface area contributed by atoms with Gasteiger partial charge in [0.1, 0.15) is 0 Å². The topological polar surface area (TPSA) is 24.9 Å². The highest BCUT2D eigenvalue weighted by atomic mass is 14.8. The summed E-state index contributed by atoms with van der Waals surface area (Å²) in [4.78, 5) is 4.17. The van der Waals surface area contributed by atoms with Crippen LogP contribution in [0.3, 0.4) is 0 Å². The highest BCUT2D eigenvalue weighted by molar-refractivity contribution is 5.84. The molecular formula is C18H18N2. The molecule has 0 bridgehead atoms. The zero-order chi connectivity index (χ0) is 13.6. The van der Waals surface area contributed by atoms with Crippen molar-refractivity contribution in [3.8, 4) is 0 Å². The predicted octanol–water partition coefficient (Wildman–Crippen LogP) is 3.57. The maximum atomic E-state index is 4.17. The lowest BCUT2D eigenvalue weighted by molar-refractivity contribution is 0.690. The predicted molar refractivity (Wildman–Crippen MR) is 83.6 cm³/mol. The first kappa shape index (κ1) is 12.8. The first-order chi connectivity index (χ1) is 9.93. The summed E-state index contributed by atoms with van der Waals surface area (Å²) in [5.74, 6) is 0. The average Bonchev–Trinajstić information content (AvgIpc) is 2.53. The number of hydrogen-bond donors (Lipinski definition) is 1. The molecule has 100 valence electrons. The number of hydrogen-bond acceptors (Lipinski definition) is 2. The fourth-order valence-corrected chi connectivity index (χ4v) is 2.44. The molecule has 0 aliphatic carbocycles. The quantitative estimate of drug-likeness (QED) is 0.711. The highest BCUT2D eigenvalue weighted by Crippen LogP contribution is 2.17. The van der Waals surface area contributed by atoms with Crippen LogP contribution in [-0.4, -0.2) is 11.5 Å². The van der Waals surface area contributed by atoms with Crippen LogP contribution >= 0.6 is 0 Å². The molecule has 1 aromatic heterocycles. The van der Waals surface area contributed by atoms with Gasteiger partial charge in [-0.3, -0.25) is 4.98 Å². The fraction of sp³-hybridized carbons (Fsp3) is 0.167. The van der Waals surface area contributed by atoms with E-state index in [1.807, 2.05) is 12.4 Å². The second-order valence-corrected chi connectivity index (χ2v) is 4.93. The van der Waals surface area contributed by atoms with Crippen LogP contribution in [0.15, 0.2) is 67.0 Å². The molecule has 20 heavy (non-hydrogen) atoms. The molecule has 0 aliphatic heterocycles. The van der Waals surface area contributed by atoms with Crippen molar-refractivity contribution in [2.75, 3.05) is 6.54 Å². The minimum atomic E-state index is 0.897. The molecule has 1 N–H and O–H groups in total. The van der Waals surface area contributed by atoms with Gasteiger partial charge in [-0.15, -0.1) is 0 Å². The minimum absolute atomic E-state index is 0.897. The van der Waals surface area contributed by atoms with E-state index in [9.17, 15) is 0 Å². The van der Waals surface area contributed by atoms with Gasteiger partial charge in [0.25, 0.3) is 0 Å². The van der Waals surface area contributed by atoms with E-state index < -0.39 is 0 Å². The lowest BCUT2D eigenvalue weighted by atomic mass is 10.1. The van der Waals surface area contributed by atoms with Crippen molar-refractivity contribution in [1.82, 2.24) is 10.3 Å². The van der Waals surface area contributed by atoms with Crippen molar-refractivity contribution in [2.45, 2.75) is 13.0 Å². The number of nitrogens with one attached hydrogen (secondary N) is 1. The fourth-order valence-electron chi connectivity index (χ4n) is 2.44. The summed E-state index contributed by atoms with van der Waals surface area (Å²) in [5.41, 5.74) is 2.71. The zero-order valence-corrected chi connectivity index (χ0v) is 11.4. The third-order valence-electron chi connectivity index (χ3n) is 3.52. The molecule has 0 unspecified atom stereocenters. The van der Waals surface area contributed by atoms with Gasteiger partial charge in [-0.05, 0) is 35.5 Å². The van der Waals surface area contributed by atoms with Crippen molar-refractivity contribution in [1.29, 1.82) is 0 Å². The molecule has 0 atom stereocenters. The normalized spacial score (nSPS) is 10.8. The number of aromatic nitrogens is 1. The van der Waals surface area contributed by atoms with Crippen LogP contribution in [0.1, 0.15) is 11.1 Å². The van der Waals surface area contributed by atoms with Crippen molar-refractivity contribution in [2.24, 2.45) is 0 Å². The van der Waals surface area contributed by atoms with Crippen LogP contribution in [0.2, 0.25) is 0 Å². The van der Waals surface area contributed by atoms with Crippen LogP contribution in [0.5, 0.6) is 0 Å². The van der Waals surface area contributed by atoms with Crippen molar-refractivity contribution in [3.63, 3.8) is 0 Å². The van der Waals surface area contributed by atoms with E-state index in [1.54, 1.807) is 0 Å². The number of benzene rings is 2. The standard InChI is InChI=1S/C18H18N2/c1-2-5-15(6-3-1)9-11-19-13-16-7-4-8-17-14-20-12-10-18(16)17/h1-8,10,12,14,19H,9,11,13H2. The van der Waals surface area contributed by atoms with E-state index in [0.29, 0.717) is 0 Å². The maximum Gasteiger partial charge on any atom is 0.0346 e. The smallest absolute Gasteiger partial charge is 0.0346 e. The molecule has 0 aliphatic rings. The van der Waals surface area contributed by atoms with Crippen LogP contribution in [-0.2, 0) is 13.0 Å². The Morgan fingerprint density at radius 2 is 1.80 bits per heavy atom. The van der Waals surface area contributed by atoms with E-state index in [2.05, 4.69) is 64.9 Å². The molecule has 0 amide bonds. The van der Waals surface area contributed by atoms with Gasteiger partial charge in [0.05, 0.1) is 0 Å². The molecule has 1 heterocycles. The number of rotatable bonds is 5. The molecule has 0 fully saturated rings. The van der Waals surface area contributed by atoms with E-state index in [4.69, 9.17) is 0 Å². The SMILES string of the molecule is c1ccc(CCNCc2cccc3cnccc23)cc1. The van der Waals surface area contributed by atoms with Crippen LogP contribution in [0, 0.1) is 0 Å². The molecule has 2 aromatic carbocycles. The Labute approximate surface area is 119 Å². The van der Waals surface area contributed by atoms with Gasteiger partial charge in [0, 0.05) is 24.3 Å². The Hall–Kier alpha value is -2.19. The third-order valence-corrected chi connectivity index (χ3v) is 3.52. The Balaban J connectivity index is 1.60. The van der Waals surface area contributed by atoms with Gasteiger partial charge in [-0.25, -0.2) is 0 Å². The summed E-state index contributed by atoms with van der Waals surface area (Å²) in [6.07, 6.45) is 4.84. The van der Waals surface area contributed by atoms with Crippen molar-refractivity contribution in [3.05, 3.63) is 78.1 Å². The molecule has 0 saturated heterocycles. The summed E-state index contributed by atoms with van der Waals surface area (Å²) in [7, 11) is 0. The van der Waals surface area contributed by atoms with E-state index in [1.165, 1.54) is 21.9 Å². The second kappa shape index (κ2) is 6.31. The van der Waals surface area contributed by atoms with Crippen LogP contribution < -0.4 is 5.32 Å². The van der Waals surface area contributed by atoms with Gasteiger partial charge in [0.15, 0.2) is 0 Å². The monoisotopic (exact) mass is 262 g/mol. The van der Waals surface area contributed by atoms with E-state index in [-0.39, 0.29) is 0 Å². The van der Waals surface area contributed by atoms with Gasteiger partial charge < -0.3 is 5.32 Å². The highest BCUT2D eigenvalue weighted by Gasteiger charge is 2.00. The molecule has 0 saturated carbocycles. The molecule has 0 radical (unpaired) electrons. The van der Waals surface area contributed by atoms with Gasteiger partial charge in [-0.1, -0.05) is 48.5 Å². The first-order valence-electron chi connectivity index (χ1n) is 7.00. The Morgan fingerprint density at radius 3 is 2.70 bits per heavy atom. The van der Waals surface area contributed by atoms with E-state index >= 15 is 0 Å². The van der Waals surface area contributed by atoms with Gasteiger partial charge in [0.2, 0.25) is 0 Å². The molecule has 2 heteroatoms. The molecule has 3 aromatic rings. The zero-order valence-electron chi connectivity index (χ0n) is 11.4. The number of fused-ring (bicyclic) bond motifs is 1. The summed E-state index contributed by atoms with van der Waals surface area (Å²) in [5, 5.41) is 6.01. The lowest BCUT2D eigenvalue weighted by Crippen LogP contribution is -2.16. The van der Waals surface area contributed by atoms with Crippen LogP contribution in [0.25, 0.3) is 10.8 Å². The maximum absolute atomic E-state index is 4.17. The number of pyridine rings is 1. The largest absolute Gasteiger partial charge is 0.312 e. The van der Waals surface area contributed by atoms with E-state index in [0.717, 1.165) is 19.5 Å². The van der Waals surface area contributed by atoms with Crippen molar-refractivity contribution < 1.29 is 0 Å². The number of nitrogens with zero attached hydrogens (tertiary/aromatic N) is 1. The summed E-state index contributed by atoms with van der Waals surface area (Å²) in [6, 6.07) is 19.0. The molecule has 3 rings (SSSR count). The molecule has 2 nitrogen and oxygen atoms in total. The van der Waals surface area contributed by atoms with Crippen LogP contribution in [0.4, 0.5) is 0 Å².